The molecule has 0 radical (unpaired) electrons. The number of fused-ring (bicyclic) bond motifs is 2. The number of nitrogens with zero attached hydrogens (tertiary/aromatic N) is 4. The van der Waals surface area contributed by atoms with Crippen LogP contribution in [-0.2, 0) is 6.73 Å². The average molecular weight is 403 g/mol. The third-order valence-corrected chi connectivity index (χ3v) is 5.78. The number of aromatic nitrogens is 2. The van der Waals surface area contributed by atoms with Gasteiger partial charge in [0.1, 0.15) is 11.5 Å². The number of hydrogen-bond acceptors (Lipinski definition) is 6. The lowest BCUT2D eigenvalue weighted by Crippen LogP contribution is -2.48. The van der Waals surface area contributed by atoms with Crippen molar-refractivity contribution in [2.75, 3.05) is 7.05 Å². The largest absolute Gasteiger partial charge is 0.464 e. The summed E-state index contributed by atoms with van der Waals surface area (Å²) in [7, 11) is 2.14. The van der Waals surface area contributed by atoms with Gasteiger partial charge in [0.15, 0.2) is 6.73 Å². The smallest absolute Gasteiger partial charge is 0.311 e. The summed E-state index contributed by atoms with van der Waals surface area (Å²) in [6, 6.07) is 5.72. The number of hydrogen-bond donors (Lipinski definition) is 1. The van der Waals surface area contributed by atoms with Crippen LogP contribution in [0.5, 0.6) is 5.75 Å². The van der Waals surface area contributed by atoms with E-state index in [1.54, 1.807) is 12.3 Å². The third-order valence-electron chi connectivity index (χ3n) is 5.78. The minimum Gasteiger partial charge on any atom is -0.464 e. The van der Waals surface area contributed by atoms with Crippen LogP contribution in [-0.4, -0.2) is 50.7 Å². The van der Waals surface area contributed by atoms with Crippen molar-refractivity contribution in [3.63, 3.8) is 0 Å². The molecule has 1 aromatic carbocycles. The number of benzene rings is 1. The van der Waals surface area contributed by atoms with Gasteiger partial charge in [0.25, 0.3) is 5.91 Å². The Labute approximate surface area is 166 Å². The number of halogens is 1. The van der Waals surface area contributed by atoms with E-state index in [1.165, 1.54) is 17.5 Å². The summed E-state index contributed by atoms with van der Waals surface area (Å²) in [5, 5.41) is 18.2. The molecule has 9 nitrogen and oxygen atoms in total. The second kappa shape index (κ2) is 7.78. The van der Waals surface area contributed by atoms with Crippen LogP contribution in [0.1, 0.15) is 36.2 Å². The Bertz CT molecular complexity index is 919. The average Bonchev–Trinajstić information content (AvgIpc) is 3.22. The number of carbonyl (C=O) groups excluding carboxylic acids is 1. The van der Waals surface area contributed by atoms with E-state index in [0.29, 0.717) is 12.1 Å². The normalized spacial score (nSPS) is 23.7. The first-order chi connectivity index (χ1) is 13.9. The molecule has 2 fully saturated rings. The molecule has 2 saturated heterocycles. The molecule has 1 amide bonds. The molecule has 10 heteroatoms. The summed E-state index contributed by atoms with van der Waals surface area (Å²) in [6.07, 6.45) is 5.76. The highest BCUT2D eigenvalue weighted by molar-refractivity contribution is 5.92. The van der Waals surface area contributed by atoms with Crippen molar-refractivity contribution in [3.05, 3.63) is 52.1 Å². The molecule has 29 heavy (non-hydrogen) atoms. The van der Waals surface area contributed by atoms with Crippen molar-refractivity contribution in [3.8, 4) is 5.75 Å². The van der Waals surface area contributed by atoms with Gasteiger partial charge in [-0.2, -0.15) is 5.10 Å². The Morgan fingerprint density at radius 2 is 2.07 bits per heavy atom. The number of nitro benzene ring substituents is 1. The number of nitro groups is 1. The highest BCUT2D eigenvalue weighted by atomic mass is 19.1. The molecule has 3 heterocycles. The Morgan fingerprint density at radius 3 is 2.76 bits per heavy atom. The number of ether oxygens (including phenoxy) is 1. The lowest BCUT2D eigenvalue weighted by molar-refractivity contribution is -0.386. The predicted molar refractivity (Wildman–Crippen MR) is 101 cm³/mol. The Balaban J connectivity index is 1.36. The fraction of sp³-hybridized carbons (Fsp3) is 0.474. The number of nitrogens with one attached hydrogen (secondary N) is 1. The second-order valence-electron chi connectivity index (χ2n) is 7.58. The van der Waals surface area contributed by atoms with Gasteiger partial charge in [0.05, 0.1) is 4.92 Å². The van der Waals surface area contributed by atoms with E-state index in [9.17, 15) is 19.3 Å². The summed E-state index contributed by atoms with van der Waals surface area (Å²) >= 11 is 0. The number of piperidine rings is 1. The summed E-state index contributed by atoms with van der Waals surface area (Å²) in [5.41, 5.74) is -0.0953. The SMILES string of the molecule is CN1C2CCC1CC(NC(=O)c1ccn(COc3cc(F)ccc3[N+](=O)[O-])n1)C2. The summed E-state index contributed by atoms with van der Waals surface area (Å²) < 4.78 is 20.0. The fourth-order valence-electron chi connectivity index (χ4n) is 4.23. The lowest BCUT2D eigenvalue weighted by Gasteiger charge is -2.36. The van der Waals surface area contributed by atoms with E-state index < -0.39 is 10.7 Å². The molecular formula is C19H22FN5O4. The van der Waals surface area contributed by atoms with Crippen molar-refractivity contribution >= 4 is 11.6 Å². The van der Waals surface area contributed by atoms with Gasteiger partial charge >= 0.3 is 5.69 Å². The zero-order valence-electron chi connectivity index (χ0n) is 16.0. The van der Waals surface area contributed by atoms with Crippen LogP contribution in [0.3, 0.4) is 0 Å². The van der Waals surface area contributed by atoms with Gasteiger partial charge in [-0.25, -0.2) is 9.07 Å². The van der Waals surface area contributed by atoms with E-state index in [0.717, 1.165) is 31.0 Å². The maximum atomic E-state index is 13.4. The first-order valence-corrected chi connectivity index (χ1v) is 9.53. The number of rotatable bonds is 6. The van der Waals surface area contributed by atoms with E-state index in [4.69, 9.17) is 4.74 Å². The van der Waals surface area contributed by atoms with Crippen molar-refractivity contribution in [1.82, 2.24) is 20.0 Å². The quantitative estimate of drug-likeness (QED) is 0.587. The van der Waals surface area contributed by atoms with Crippen molar-refractivity contribution < 1.29 is 18.8 Å². The minimum atomic E-state index is -0.647. The van der Waals surface area contributed by atoms with Crippen molar-refractivity contribution in [2.45, 2.75) is 50.5 Å². The van der Waals surface area contributed by atoms with Crippen LogP contribution in [0.4, 0.5) is 10.1 Å². The molecule has 2 aliphatic rings. The monoisotopic (exact) mass is 403 g/mol. The van der Waals surface area contributed by atoms with Gasteiger partial charge < -0.3 is 15.0 Å². The molecule has 2 atom stereocenters. The fourth-order valence-corrected chi connectivity index (χ4v) is 4.23. The van der Waals surface area contributed by atoms with Gasteiger partial charge in [-0.1, -0.05) is 0 Å². The summed E-state index contributed by atoms with van der Waals surface area (Å²) in [6.45, 7) is -0.185. The first kappa shape index (κ1) is 19.3. The molecular weight excluding hydrogens is 381 g/mol. The minimum absolute atomic E-state index is 0.132. The molecule has 4 rings (SSSR count). The van der Waals surface area contributed by atoms with Gasteiger partial charge in [-0.3, -0.25) is 14.9 Å². The molecule has 2 aliphatic heterocycles. The Hall–Kier alpha value is -3.01. The Kier molecular flexibility index (Phi) is 5.18. The third kappa shape index (κ3) is 4.07. The van der Waals surface area contributed by atoms with Crippen LogP contribution in [0.15, 0.2) is 30.5 Å². The zero-order chi connectivity index (χ0) is 20.5. The van der Waals surface area contributed by atoms with Crippen LogP contribution in [0.25, 0.3) is 0 Å². The molecule has 0 spiro atoms. The molecule has 2 unspecified atom stereocenters. The van der Waals surface area contributed by atoms with Gasteiger partial charge in [0.2, 0.25) is 5.75 Å². The van der Waals surface area contributed by atoms with Crippen LogP contribution >= 0.6 is 0 Å². The van der Waals surface area contributed by atoms with E-state index >= 15 is 0 Å². The second-order valence-corrected chi connectivity index (χ2v) is 7.58. The first-order valence-electron chi connectivity index (χ1n) is 9.53. The maximum absolute atomic E-state index is 13.4. The predicted octanol–water partition coefficient (Wildman–Crippen LogP) is 2.32. The van der Waals surface area contributed by atoms with Crippen LogP contribution < -0.4 is 10.1 Å². The van der Waals surface area contributed by atoms with Crippen molar-refractivity contribution in [2.24, 2.45) is 0 Å². The molecule has 1 N–H and O–H groups in total. The lowest BCUT2D eigenvalue weighted by atomic mass is 9.98. The highest BCUT2D eigenvalue weighted by Gasteiger charge is 2.38. The number of carbonyl (C=O) groups is 1. The standard InChI is InChI=1S/C19H22FN5O4/c1-23-14-3-4-15(23)10-13(9-14)21-19(26)16-6-7-24(22-16)11-29-18-8-12(20)2-5-17(18)25(27)28/h2,5-8,13-15H,3-4,9-11H2,1H3,(H,21,26). The molecule has 0 saturated carbocycles. The maximum Gasteiger partial charge on any atom is 0.311 e. The van der Waals surface area contributed by atoms with Crippen molar-refractivity contribution in [1.29, 1.82) is 0 Å². The van der Waals surface area contributed by atoms with Gasteiger partial charge in [0, 0.05) is 36.5 Å². The van der Waals surface area contributed by atoms with Crippen LogP contribution in [0.2, 0.25) is 0 Å². The molecule has 154 valence electrons. The summed E-state index contributed by atoms with van der Waals surface area (Å²) in [4.78, 5) is 25.3. The van der Waals surface area contributed by atoms with Crippen LogP contribution in [0, 0.1) is 15.9 Å². The molecule has 0 aliphatic carbocycles. The molecule has 1 aromatic heterocycles. The van der Waals surface area contributed by atoms with E-state index in [1.807, 2.05) is 0 Å². The molecule has 2 bridgehead atoms. The van der Waals surface area contributed by atoms with E-state index in [2.05, 4.69) is 22.4 Å². The van der Waals surface area contributed by atoms with Gasteiger partial charge in [-0.05, 0) is 44.9 Å². The zero-order valence-corrected chi connectivity index (χ0v) is 16.0. The van der Waals surface area contributed by atoms with E-state index in [-0.39, 0.29) is 35.8 Å². The molecule has 2 aromatic rings. The number of amides is 1. The summed E-state index contributed by atoms with van der Waals surface area (Å²) in [5.74, 6) is -1.09. The highest BCUT2D eigenvalue weighted by Crippen LogP contribution is 2.34. The topological polar surface area (TPSA) is 103 Å². The van der Waals surface area contributed by atoms with Gasteiger partial charge in [-0.15, -0.1) is 0 Å². The Morgan fingerprint density at radius 1 is 1.34 bits per heavy atom.